The summed E-state index contributed by atoms with van der Waals surface area (Å²) in [6, 6.07) is 20.4. The van der Waals surface area contributed by atoms with Gasteiger partial charge in [-0.05, 0) is 53.4 Å². The lowest BCUT2D eigenvalue weighted by atomic mass is 9.93. The van der Waals surface area contributed by atoms with Crippen LogP contribution in [0.3, 0.4) is 0 Å². The smallest absolute Gasteiger partial charge is 0.335 e. The van der Waals surface area contributed by atoms with Crippen molar-refractivity contribution in [2.75, 3.05) is 6.61 Å². The highest BCUT2D eigenvalue weighted by atomic mass is 35.5. The average molecular weight is 381 g/mol. The minimum Gasteiger partial charge on any atom is -0.493 e. The van der Waals surface area contributed by atoms with Crippen molar-refractivity contribution in [3.05, 3.63) is 77.3 Å². The molecule has 3 aromatic carbocycles. The predicted molar refractivity (Wildman–Crippen MR) is 110 cm³/mol. The SMILES string of the molecule is CCCCOc1ccc(Cl)cc1-c1ccccc1-c1cccc(C(=O)O)c1. The van der Waals surface area contributed by atoms with E-state index in [1.54, 1.807) is 18.2 Å². The summed E-state index contributed by atoms with van der Waals surface area (Å²) in [5, 5.41) is 9.93. The zero-order valence-corrected chi connectivity index (χ0v) is 15.9. The first-order valence-electron chi connectivity index (χ1n) is 8.95. The average Bonchev–Trinajstić information content (AvgIpc) is 2.69. The van der Waals surface area contributed by atoms with E-state index in [4.69, 9.17) is 16.3 Å². The fourth-order valence-corrected chi connectivity index (χ4v) is 3.13. The highest BCUT2D eigenvalue weighted by Crippen LogP contribution is 2.39. The van der Waals surface area contributed by atoms with Gasteiger partial charge in [-0.1, -0.05) is 61.3 Å². The number of halogens is 1. The van der Waals surface area contributed by atoms with Crippen molar-refractivity contribution in [3.63, 3.8) is 0 Å². The molecule has 0 radical (unpaired) electrons. The number of hydrogen-bond acceptors (Lipinski definition) is 2. The lowest BCUT2D eigenvalue weighted by Gasteiger charge is -2.16. The number of aromatic carboxylic acids is 1. The summed E-state index contributed by atoms with van der Waals surface area (Å²) >= 11 is 6.26. The predicted octanol–water partition coefficient (Wildman–Crippen LogP) is 6.55. The van der Waals surface area contributed by atoms with Crippen LogP contribution in [0.4, 0.5) is 0 Å². The number of benzene rings is 3. The lowest BCUT2D eigenvalue weighted by molar-refractivity contribution is 0.0697. The Bertz CT molecular complexity index is 950. The van der Waals surface area contributed by atoms with Gasteiger partial charge in [0.05, 0.1) is 12.2 Å². The van der Waals surface area contributed by atoms with E-state index in [0.29, 0.717) is 11.6 Å². The minimum absolute atomic E-state index is 0.257. The van der Waals surface area contributed by atoms with E-state index in [0.717, 1.165) is 40.8 Å². The summed E-state index contributed by atoms with van der Waals surface area (Å²) in [5.74, 6) is -0.171. The molecule has 0 aliphatic rings. The van der Waals surface area contributed by atoms with E-state index in [2.05, 4.69) is 6.92 Å². The molecule has 0 heterocycles. The van der Waals surface area contributed by atoms with Gasteiger partial charge < -0.3 is 9.84 Å². The van der Waals surface area contributed by atoms with Crippen LogP contribution in [0.1, 0.15) is 30.1 Å². The summed E-state index contributed by atoms with van der Waals surface area (Å²) < 4.78 is 5.99. The molecule has 0 saturated carbocycles. The number of carboxylic acid groups (broad SMARTS) is 1. The van der Waals surface area contributed by atoms with Crippen molar-refractivity contribution < 1.29 is 14.6 Å². The third-order valence-corrected chi connectivity index (χ3v) is 4.57. The van der Waals surface area contributed by atoms with Gasteiger partial charge in [0.15, 0.2) is 0 Å². The lowest BCUT2D eigenvalue weighted by Crippen LogP contribution is -1.99. The van der Waals surface area contributed by atoms with Crippen LogP contribution < -0.4 is 4.74 Å². The fraction of sp³-hybridized carbons (Fsp3) is 0.174. The maximum absolute atomic E-state index is 11.3. The molecule has 0 aliphatic carbocycles. The molecule has 138 valence electrons. The highest BCUT2D eigenvalue weighted by molar-refractivity contribution is 6.31. The van der Waals surface area contributed by atoms with E-state index in [9.17, 15) is 9.90 Å². The first-order chi connectivity index (χ1) is 13.1. The van der Waals surface area contributed by atoms with Gasteiger partial charge in [-0.15, -0.1) is 0 Å². The number of unbranched alkanes of at least 4 members (excludes halogenated alkanes) is 1. The third kappa shape index (κ3) is 4.50. The zero-order chi connectivity index (χ0) is 19.2. The normalized spacial score (nSPS) is 10.6. The second-order valence-corrected chi connectivity index (χ2v) is 6.71. The van der Waals surface area contributed by atoms with Crippen molar-refractivity contribution in [1.82, 2.24) is 0 Å². The highest BCUT2D eigenvalue weighted by Gasteiger charge is 2.14. The topological polar surface area (TPSA) is 46.5 Å². The summed E-state index contributed by atoms with van der Waals surface area (Å²) in [6.07, 6.45) is 2.03. The molecule has 3 rings (SSSR count). The van der Waals surface area contributed by atoms with Gasteiger partial charge in [0.25, 0.3) is 0 Å². The first-order valence-corrected chi connectivity index (χ1v) is 9.33. The van der Waals surface area contributed by atoms with Crippen LogP contribution in [0.2, 0.25) is 5.02 Å². The van der Waals surface area contributed by atoms with Gasteiger partial charge in [-0.3, -0.25) is 0 Å². The van der Waals surface area contributed by atoms with Crippen molar-refractivity contribution in [3.8, 4) is 28.0 Å². The fourth-order valence-electron chi connectivity index (χ4n) is 2.95. The molecule has 27 heavy (non-hydrogen) atoms. The van der Waals surface area contributed by atoms with Gasteiger partial charge in [0.1, 0.15) is 5.75 Å². The third-order valence-electron chi connectivity index (χ3n) is 4.33. The van der Waals surface area contributed by atoms with Crippen LogP contribution in [0.15, 0.2) is 66.7 Å². The molecule has 0 aromatic heterocycles. The number of hydrogen-bond donors (Lipinski definition) is 1. The number of carboxylic acids is 1. The van der Waals surface area contributed by atoms with Crippen molar-refractivity contribution >= 4 is 17.6 Å². The molecule has 3 aromatic rings. The van der Waals surface area contributed by atoms with E-state index in [1.165, 1.54) is 0 Å². The van der Waals surface area contributed by atoms with Crippen molar-refractivity contribution in [2.45, 2.75) is 19.8 Å². The van der Waals surface area contributed by atoms with Crippen LogP contribution in [0.25, 0.3) is 22.3 Å². The van der Waals surface area contributed by atoms with E-state index >= 15 is 0 Å². The van der Waals surface area contributed by atoms with E-state index in [-0.39, 0.29) is 5.56 Å². The first kappa shape index (κ1) is 19.0. The summed E-state index contributed by atoms with van der Waals surface area (Å²) in [7, 11) is 0. The Labute approximate surface area is 164 Å². The molecule has 4 heteroatoms. The second-order valence-electron chi connectivity index (χ2n) is 6.27. The molecule has 0 spiro atoms. The summed E-state index contributed by atoms with van der Waals surface area (Å²) in [6.45, 7) is 2.76. The van der Waals surface area contributed by atoms with Crippen molar-refractivity contribution in [1.29, 1.82) is 0 Å². The maximum atomic E-state index is 11.3. The van der Waals surface area contributed by atoms with E-state index < -0.39 is 5.97 Å². The Morgan fingerprint density at radius 3 is 2.48 bits per heavy atom. The molecule has 0 unspecified atom stereocenters. The Morgan fingerprint density at radius 2 is 1.74 bits per heavy atom. The Balaban J connectivity index is 2.10. The molecule has 0 amide bonds. The minimum atomic E-state index is -0.944. The largest absolute Gasteiger partial charge is 0.493 e. The molecular weight excluding hydrogens is 360 g/mol. The van der Waals surface area contributed by atoms with Crippen molar-refractivity contribution in [2.24, 2.45) is 0 Å². The van der Waals surface area contributed by atoms with Gasteiger partial charge in [0, 0.05) is 10.6 Å². The van der Waals surface area contributed by atoms with Crippen LogP contribution in [-0.2, 0) is 0 Å². The zero-order valence-electron chi connectivity index (χ0n) is 15.1. The number of rotatable bonds is 7. The van der Waals surface area contributed by atoms with Gasteiger partial charge in [0.2, 0.25) is 0 Å². The Hall–Kier alpha value is -2.78. The van der Waals surface area contributed by atoms with Gasteiger partial charge in [-0.2, -0.15) is 0 Å². The summed E-state index contributed by atoms with van der Waals surface area (Å²) in [4.78, 5) is 11.3. The number of carbonyl (C=O) groups is 1. The molecule has 0 fully saturated rings. The maximum Gasteiger partial charge on any atom is 0.335 e. The monoisotopic (exact) mass is 380 g/mol. The molecule has 0 saturated heterocycles. The van der Waals surface area contributed by atoms with Crippen LogP contribution in [0.5, 0.6) is 5.75 Å². The summed E-state index contributed by atoms with van der Waals surface area (Å²) in [5.41, 5.74) is 3.88. The molecular formula is C23H21ClO3. The standard InChI is InChI=1S/C23H21ClO3/c1-2-3-13-27-22-12-11-18(24)15-21(22)20-10-5-4-9-19(20)16-7-6-8-17(14-16)23(25)26/h4-12,14-15H,2-3,13H2,1H3,(H,25,26). The molecule has 3 nitrogen and oxygen atoms in total. The van der Waals surface area contributed by atoms with Crippen LogP contribution in [-0.4, -0.2) is 17.7 Å². The molecule has 0 aliphatic heterocycles. The van der Waals surface area contributed by atoms with Gasteiger partial charge in [-0.25, -0.2) is 4.79 Å². The van der Waals surface area contributed by atoms with E-state index in [1.807, 2.05) is 48.5 Å². The van der Waals surface area contributed by atoms with Crippen LogP contribution in [0, 0.1) is 0 Å². The second kappa shape index (κ2) is 8.74. The Morgan fingerprint density at radius 1 is 0.963 bits per heavy atom. The van der Waals surface area contributed by atoms with Crippen LogP contribution >= 0.6 is 11.6 Å². The van der Waals surface area contributed by atoms with Gasteiger partial charge >= 0.3 is 5.97 Å². The quantitative estimate of drug-likeness (QED) is 0.472. The molecule has 1 N–H and O–H groups in total. The molecule has 0 bridgehead atoms. The molecule has 0 atom stereocenters. The Kier molecular flexibility index (Phi) is 6.15. The number of ether oxygens (including phenoxy) is 1.